The molecule has 2 aromatic heterocycles. The van der Waals surface area contributed by atoms with Crippen LogP contribution in [0.2, 0.25) is 0 Å². The fourth-order valence-electron chi connectivity index (χ4n) is 3.05. The van der Waals surface area contributed by atoms with Gasteiger partial charge in [0.2, 0.25) is 5.95 Å². The second-order valence-electron chi connectivity index (χ2n) is 6.04. The van der Waals surface area contributed by atoms with Crippen LogP contribution < -0.4 is 16.3 Å². The summed E-state index contributed by atoms with van der Waals surface area (Å²) in [5, 5.41) is 6.35. The van der Waals surface area contributed by atoms with Gasteiger partial charge in [0.15, 0.2) is 11.2 Å². The van der Waals surface area contributed by atoms with Gasteiger partial charge in [-0.15, -0.1) is 0 Å². The zero-order chi connectivity index (χ0) is 17.4. The molecule has 0 spiro atoms. The number of hydrogen-bond donors (Lipinski definition) is 1. The van der Waals surface area contributed by atoms with Gasteiger partial charge < -0.3 is 4.57 Å². The van der Waals surface area contributed by atoms with E-state index in [1.165, 1.54) is 4.57 Å². The summed E-state index contributed by atoms with van der Waals surface area (Å²) in [7, 11) is 1.60. The Kier molecular flexibility index (Phi) is 3.72. The molecule has 0 saturated heterocycles. The number of benzene rings is 1. The zero-order valence-corrected chi connectivity index (χ0v) is 13.8. The van der Waals surface area contributed by atoms with Crippen LogP contribution >= 0.6 is 0 Å². The highest BCUT2D eigenvalue weighted by molar-refractivity contribution is 5.80. The number of aromatic amines is 1. The Morgan fingerprint density at radius 3 is 2.72 bits per heavy atom. The van der Waals surface area contributed by atoms with Gasteiger partial charge in [0.05, 0.1) is 6.21 Å². The molecular formula is C17H18N6O2. The van der Waals surface area contributed by atoms with Crippen molar-refractivity contribution < 1.29 is 0 Å². The molecule has 1 N–H and O–H groups in total. The molecule has 1 aliphatic heterocycles. The normalized spacial score (nSPS) is 14.8. The van der Waals surface area contributed by atoms with E-state index in [0.717, 1.165) is 18.4 Å². The Morgan fingerprint density at radius 1 is 1.16 bits per heavy atom. The maximum atomic E-state index is 12.3. The number of fused-ring (bicyclic) bond motifs is 3. The number of H-pyrrole nitrogens is 1. The summed E-state index contributed by atoms with van der Waals surface area (Å²) in [4.78, 5) is 31.0. The molecular weight excluding hydrogens is 320 g/mol. The maximum Gasteiger partial charge on any atom is 0.329 e. The van der Waals surface area contributed by atoms with Gasteiger partial charge in [-0.2, -0.15) is 10.1 Å². The summed E-state index contributed by atoms with van der Waals surface area (Å²) < 4.78 is 3.21. The third kappa shape index (κ3) is 2.65. The number of imidazole rings is 1. The van der Waals surface area contributed by atoms with E-state index in [1.54, 1.807) is 18.3 Å². The minimum atomic E-state index is -0.468. The van der Waals surface area contributed by atoms with Gasteiger partial charge in [-0.25, -0.2) is 9.80 Å². The van der Waals surface area contributed by atoms with Crippen molar-refractivity contribution in [1.29, 1.82) is 0 Å². The average molecular weight is 338 g/mol. The van der Waals surface area contributed by atoms with Crippen LogP contribution in [-0.2, 0) is 13.6 Å². The van der Waals surface area contributed by atoms with Crippen molar-refractivity contribution in [2.45, 2.75) is 19.4 Å². The third-order valence-corrected chi connectivity index (χ3v) is 4.37. The quantitative estimate of drug-likeness (QED) is 0.708. The molecule has 1 aromatic carbocycles. The Bertz CT molecular complexity index is 1060. The van der Waals surface area contributed by atoms with Crippen LogP contribution in [0.3, 0.4) is 0 Å². The van der Waals surface area contributed by atoms with E-state index in [0.29, 0.717) is 30.2 Å². The monoisotopic (exact) mass is 338 g/mol. The fraction of sp³-hybridized carbons (Fsp3) is 0.294. The highest BCUT2D eigenvalue weighted by atomic mass is 16.2. The highest BCUT2D eigenvalue weighted by Gasteiger charge is 2.23. The van der Waals surface area contributed by atoms with Gasteiger partial charge in [0.25, 0.3) is 5.56 Å². The lowest BCUT2D eigenvalue weighted by molar-refractivity contribution is 0.664. The van der Waals surface area contributed by atoms with Gasteiger partial charge in [-0.05, 0) is 18.4 Å². The first-order valence-electron chi connectivity index (χ1n) is 8.21. The molecule has 3 heterocycles. The average Bonchev–Trinajstić information content (AvgIpc) is 2.89. The lowest BCUT2D eigenvalue weighted by atomic mass is 10.2. The first-order chi connectivity index (χ1) is 12.1. The Morgan fingerprint density at radius 2 is 1.92 bits per heavy atom. The summed E-state index contributed by atoms with van der Waals surface area (Å²) in [6.45, 7) is 1.38. The molecule has 8 heteroatoms. The molecule has 4 rings (SSSR count). The molecule has 0 amide bonds. The van der Waals surface area contributed by atoms with Crippen molar-refractivity contribution in [1.82, 2.24) is 19.1 Å². The summed E-state index contributed by atoms with van der Waals surface area (Å²) >= 11 is 0. The van der Waals surface area contributed by atoms with E-state index < -0.39 is 11.2 Å². The number of aryl methyl sites for hydroxylation is 2. The summed E-state index contributed by atoms with van der Waals surface area (Å²) in [5.74, 6) is 0.589. The van der Waals surface area contributed by atoms with Crippen LogP contribution in [0.4, 0.5) is 5.95 Å². The second-order valence-corrected chi connectivity index (χ2v) is 6.04. The molecule has 0 atom stereocenters. The lowest BCUT2D eigenvalue weighted by Crippen LogP contribution is -2.29. The molecule has 0 aliphatic carbocycles. The van der Waals surface area contributed by atoms with Crippen molar-refractivity contribution in [3.8, 4) is 0 Å². The number of rotatable bonds is 2. The molecule has 25 heavy (non-hydrogen) atoms. The topological polar surface area (TPSA) is 88.3 Å². The van der Waals surface area contributed by atoms with E-state index in [-0.39, 0.29) is 0 Å². The molecule has 0 saturated carbocycles. The number of nitrogens with zero attached hydrogens (tertiary/aromatic N) is 5. The van der Waals surface area contributed by atoms with Crippen LogP contribution in [-0.4, -0.2) is 31.9 Å². The number of hydrazone groups is 1. The molecule has 0 bridgehead atoms. The molecule has 3 aromatic rings. The highest BCUT2D eigenvalue weighted by Crippen LogP contribution is 2.23. The van der Waals surface area contributed by atoms with Gasteiger partial charge in [0, 0.05) is 20.1 Å². The zero-order valence-electron chi connectivity index (χ0n) is 13.8. The first-order valence-corrected chi connectivity index (χ1v) is 8.21. The smallest absolute Gasteiger partial charge is 0.303 e. The number of aromatic nitrogens is 4. The second kappa shape index (κ2) is 6.04. The minimum Gasteiger partial charge on any atom is -0.303 e. The summed E-state index contributed by atoms with van der Waals surface area (Å²) in [6, 6.07) is 9.80. The van der Waals surface area contributed by atoms with E-state index in [9.17, 15) is 9.59 Å². The van der Waals surface area contributed by atoms with Crippen LogP contribution in [0, 0.1) is 0 Å². The van der Waals surface area contributed by atoms with Crippen molar-refractivity contribution in [3.05, 3.63) is 56.7 Å². The predicted molar refractivity (Wildman–Crippen MR) is 96.2 cm³/mol. The van der Waals surface area contributed by atoms with Gasteiger partial charge >= 0.3 is 5.69 Å². The lowest BCUT2D eigenvalue weighted by Gasteiger charge is -2.15. The Hall–Kier alpha value is -3.16. The van der Waals surface area contributed by atoms with E-state index in [4.69, 9.17) is 0 Å². The van der Waals surface area contributed by atoms with Crippen molar-refractivity contribution in [3.63, 3.8) is 0 Å². The SMILES string of the molecule is Cn1c(=O)[nH]c(=O)c2c1nc1n2CCCCN1/N=C\c1ccccc1. The Labute approximate surface area is 143 Å². The fourth-order valence-corrected chi connectivity index (χ4v) is 3.05. The molecule has 0 unspecified atom stereocenters. The molecule has 8 nitrogen and oxygen atoms in total. The summed E-state index contributed by atoms with van der Waals surface area (Å²) in [5.41, 5.74) is 0.903. The van der Waals surface area contributed by atoms with Crippen molar-refractivity contribution in [2.24, 2.45) is 12.1 Å². The van der Waals surface area contributed by atoms with Crippen LogP contribution in [0.1, 0.15) is 18.4 Å². The standard InChI is InChI=1S/C17H18N6O2/c1-21-14-13(15(24)20-17(21)25)22-9-5-6-10-23(16(22)19-14)18-11-12-7-3-2-4-8-12/h2-4,7-8,11H,5-6,9-10H2,1H3,(H,20,24,25)/b18-11-. The van der Waals surface area contributed by atoms with E-state index in [2.05, 4.69) is 15.1 Å². The number of anilines is 1. The number of nitrogens with one attached hydrogen (secondary N) is 1. The summed E-state index contributed by atoms with van der Waals surface area (Å²) in [6.07, 6.45) is 3.64. The molecule has 1 aliphatic rings. The van der Waals surface area contributed by atoms with Crippen molar-refractivity contribution >= 4 is 23.3 Å². The molecule has 0 fully saturated rings. The van der Waals surface area contributed by atoms with Gasteiger partial charge in [0.1, 0.15) is 0 Å². The van der Waals surface area contributed by atoms with Crippen LogP contribution in [0.25, 0.3) is 11.2 Å². The predicted octanol–water partition coefficient (Wildman–Crippen LogP) is 1.06. The van der Waals surface area contributed by atoms with Crippen LogP contribution in [0.5, 0.6) is 0 Å². The third-order valence-electron chi connectivity index (χ3n) is 4.37. The van der Waals surface area contributed by atoms with Crippen molar-refractivity contribution in [2.75, 3.05) is 11.6 Å². The molecule has 0 radical (unpaired) electrons. The van der Waals surface area contributed by atoms with Gasteiger partial charge in [-0.1, -0.05) is 30.3 Å². The minimum absolute atomic E-state index is 0.380. The van der Waals surface area contributed by atoms with Gasteiger partial charge in [-0.3, -0.25) is 14.3 Å². The van der Waals surface area contributed by atoms with Crippen LogP contribution in [0.15, 0.2) is 45.0 Å². The largest absolute Gasteiger partial charge is 0.329 e. The first kappa shape index (κ1) is 15.4. The van der Waals surface area contributed by atoms with E-state index in [1.807, 2.05) is 34.9 Å². The molecule has 128 valence electrons. The number of hydrogen-bond acceptors (Lipinski definition) is 5. The Balaban J connectivity index is 1.86. The van der Waals surface area contributed by atoms with E-state index >= 15 is 0 Å². The maximum absolute atomic E-state index is 12.3.